The van der Waals surface area contributed by atoms with Crippen molar-refractivity contribution in [3.8, 4) is 0 Å². The van der Waals surface area contributed by atoms with Gasteiger partial charge in [0.2, 0.25) is 0 Å². The number of nitrogens with one attached hydrogen (secondary N) is 1. The maximum atomic E-state index is 13.0. The Morgan fingerprint density at radius 1 is 1.00 bits per heavy atom. The average molecular weight is 292 g/mol. The van der Waals surface area contributed by atoms with E-state index in [1.54, 1.807) is 0 Å². The summed E-state index contributed by atoms with van der Waals surface area (Å²) in [6, 6.07) is 14.4. The van der Waals surface area contributed by atoms with Crippen LogP contribution < -0.4 is 10.2 Å². The quantitative estimate of drug-likeness (QED) is 0.870. The lowest BCUT2D eigenvalue weighted by atomic mass is 10.1. The second-order valence-corrected chi connectivity index (χ2v) is 6.09. The molecule has 0 atom stereocenters. The molecule has 1 amide bonds. The summed E-state index contributed by atoms with van der Waals surface area (Å²) in [6.07, 6.45) is 4.28. The van der Waals surface area contributed by atoms with E-state index in [0.29, 0.717) is 0 Å². The zero-order valence-corrected chi connectivity index (χ0v) is 12.6. The maximum Gasteiger partial charge on any atom is 0.258 e. The molecule has 0 unspecified atom stereocenters. The largest absolute Gasteiger partial charge is 0.384 e. The number of rotatable bonds is 1. The van der Waals surface area contributed by atoms with E-state index in [9.17, 15) is 4.79 Å². The van der Waals surface area contributed by atoms with Crippen molar-refractivity contribution < 1.29 is 4.79 Å². The Bertz CT molecular complexity index is 723. The fraction of sp³-hybridized carbons (Fsp3) is 0.316. The smallest absolute Gasteiger partial charge is 0.258 e. The summed E-state index contributed by atoms with van der Waals surface area (Å²) in [4.78, 5) is 15.0. The third-order valence-corrected chi connectivity index (χ3v) is 4.67. The van der Waals surface area contributed by atoms with Crippen LogP contribution in [0.3, 0.4) is 0 Å². The van der Waals surface area contributed by atoms with Crippen molar-refractivity contribution >= 4 is 17.3 Å². The molecule has 3 heteroatoms. The van der Waals surface area contributed by atoms with Crippen LogP contribution in [0.4, 0.5) is 11.4 Å². The number of carbonyl (C=O) groups is 1. The SMILES string of the molecule is O=C(c1ccc2c(c1)CCN2)N1CCCCc2ccccc21. The van der Waals surface area contributed by atoms with Gasteiger partial charge in [-0.15, -0.1) is 0 Å². The van der Waals surface area contributed by atoms with Gasteiger partial charge in [-0.05, 0) is 61.1 Å². The highest BCUT2D eigenvalue weighted by Crippen LogP contribution is 2.29. The van der Waals surface area contributed by atoms with Gasteiger partial charge in [0.15, 0.2) is 0 Å². The van der Waals surface area contributed by atoms with Crippen LogP contribution in [0.5, 0.6) is 0 Å². The van der Waals surface area contributed by atoms with E-state index in [1.165, 1.54) is 16.8 Å². The van der Waals surface area contributed by atoms with Crippen LogP contribution in [-0.2, 0) is 12.8 Å². The van der Waals surface area contributed by atoms with Gasteiger partial charge in [-0.2, -0.15) is 0 Å². The molecule has 0 saturated carbocycles. The van der Waals surface area contributed by atoms with Crippen LogP contribution in [0.25, 0.3) is 0 Å². The lowest BCUT2D eigenvalue weighted by Gasteiger charge is -2.23. The van der Waals surface area contributed by atoms with E-state index in [0.717, 1.165) is 50.0 Å². The van der Waals surface area contributed by atoms with Crippen molar-refractivity contribution in [3.63, 3.8) is 0 Å². The summed E-state index contributed by atoms with van der Waals surface area (Å²) in [7, 11) is 0. The van der Waals surface area contributed by atoms with Crippen molar-refractivity contribution in [1.82, 2.24) is 0 Å². The minimum Gasteiger partial charge on any atom is -0.384 e. The number of hydrogen-bond acceptors (Lipinski definition) is 2. The molecule has 2 aliphatic heterocycles. The zero-order valence-electron chi connectivity index (χ0n) is 12.6. The molecule has 112 valence electrons. The molecule has 2 aliphatic rings. The van der Waals surface area contributed by atoms with Crippen molar-refractivity contribution in [2.75, 3.05) is 23.3 Å². The van der Waals surface area contributed by atoms with Crippen molar-refractivity contribution in [2.45, 2.75) is 25.7 Å². The number of para-hydroxylation sites is 1. The molecule has 4 rings (SSSR count). The van der Waals surface area contributed by atoms with Crippen LogP contribution in [0, 0.1) is 0 Å². The van der Waals surface area contributed by atoms with Crippen LogP contribution in [0.1, 0.15) is 34.3 Å². The van der Waals surface area contributed by atoms with E-state index < -0.39 is 0 Å². The van der Waals surface area contributed by atoms with Crippen molar-refractivity contribution in [1.29, 1.82) is 0 Å². The number of hydrogen-bond donors (Lipinski definition) is 1. The molecule has 2 aromatic rings. The fourth-order valence-corrected chi connectivity index (χ4v) is 3.50. The second kappa shape index (κ2) is 5.48. The Kier molecular flexibility index (Phi) is 3.34. The van der Waals surface area contributed by atoms with Gasteiger partial charge in [0.25, 0.3) is 5.91 Å². The van der Waals surface area contributed by atoms with Gasteiger partial charge in [-0.1, -0.05) is 18.2 Å². The van der Waals surface area contributed by atoms with Crippen LogP contribution in [-0.4, -0.2) is 19.0 Å². The molecular formula is C19H20N2O. The summed E-state index contributed by atoms with van der Waals surface area (Å²) in [5.41, 5.74) is 5.61. The van der Waals surface area contributed by atoms with E-state index >= 15 is 0 Å². The van der Waals surface area contributed by atoms with Gasteiger partial charge < -0.3 is 10.2 Å². The highest BCUT2D eigenvalue weighted by atomic mass is 16.2. The second-order valence-electron chi connectivity index (χ2n) is 6.09. The number of benzene rings is 2. The molecule has 0 radical (unpaired) electrons. The predicted molar refractivity (Wildman–Crippen MR) is 89.7 cm³/mol. The monoisotopic (exact) mass is 292 g/mol. The molecule has 2 aromatic carbocycles. The molecule has 2 heterocycles. The van der Waals surface area contributed by atoms with Crippen LogP contribution >= 0.6 is 0 Å². The first-order chi connectivity index (χ1) is 10.8. The third kappa shape index (κ3) is 2.27. The van der Waals surface area contributed by atoms with E-state index in [2.05, 4.69) is 29.6 Å². The average Bonchev–Trinajstić information content (AvgIpc) is 2.92. The van der Waals surface area contributed by atoms with Crippen molar-refractivity contribution in [2.24, 2.45) is 0 Å². The minimum atomic E-state index is 0.129. The molecule has 0 saturated heterocycles. The number of amides is 1. The first kappa shape index (κ1) is 13.4. The first-order valence-corrected chi connectivity index (χ1v) is 8.09. The summed E-state index contributed by atoms with van der Waals surface area (Å²) < 4.78 is 0. The molecule has 0 fully saturated rings. The lowest BCUT2D eigenvalue weighted by Crippen LogP contribution is -2.31. The number of fused-ring (bicyclic) bond motifs is 2. The number of carbonyl (C=O) groups excluding carboxylic acids is 1. The highest BCUT2D eigenvalue weighted by molar-refractivity contribution is 6.07. The molecule has 1 N–H and O–H groups in total. The Labute approximate surface area is 131 Å². The number of nitrogens with zero attached hydrogens (tertiary/aromatic N) is 1. The minimum absolute atomic E-state index is 0.129. The van der Waals surface area contributed by atoms with Crippen LogP contribution in [0.2, 0.25) is 0 Å². The van der Waals surface area contributed by atoms with Gasteiger partial charge in [0, 0.05) is 30.0 Å². The van der Waals surface area contributed by atoms with Gasteiger partial charge in [0.1, 0.15) is 0 Å². The molecule has 22 heavy (non-hydrogen) atoms. The molecule has 3 nitrogen and oxygen atoms in total. The standard InChI is InChI=1S/C19H20N2O/c22-19(16-8-9-17-15(13-16)10-11-20-17)21-12-4-3-6-14-5-1-2-7-18(14)21/h1-2,5,7-9,13,20H,3-4,6,10-12H2. The molecule has 0 bridgehead atoms. The topological polar surface area (TPSA) is 32.3 Å². The van der Waals surface area contributed by atoms with Gasteiger partial charge in [-0.25, -0.2) is 0 Å². The first-order valence-electron chi connectivity index (χ1n) is 8.09. The summed E-state index contributed by atoms with van der Waals surface area (Å²) >= 11 is 0. The Morgan fingerprint density at radius 3 is 2.86 bits per heavy atom. The molecular weight excluding hydrogens is 272 g/mol. The predicted octanol–water partition coefficient (Wildman–Crippen LogP) is 3.64. The van der Waals surface area contributed by atoms with E-state index in [-0.39, 0.29) is 5.91 Å². The Morgan fingerprint density at radius 2 is 1.91 bits per heavy atom. The summed E-state index contributed by atoms with van der Waals surface area (Å²) in [5, 5.41) is 3.35. The number of anilines is 2. The Hall–Kier alpha value is -2.29. The maximum absolute atomic E-state index is 13.0. The fourth-order valence-electron chi connectivity index (χ4n) is 3.50. The summed E-state index contributed by atoms with van der Waals surface area (Å²) in [5.74, 6) is 0.129. The normalized spacial score (nSPS) is 16.5. The molecule has 0 spiro atoms. The Balaban J connectivity index is 1.70. The molecule has 0 aromatic heterocycles. The lowest BCUT2D eigenvalue weighted by molar-refractivity contribution is 0.0987. The number of aryl methyl sites for hydroxylation is 1. The molecule has 0 aliphatic carbocycles. The van der Waals surface area contributed by atoms with Crippen molar-refractivity contribution in [3.05, 3.63) is 59.2 Å². The van der Waals surface area contributed by atoms with Gasteiger partial charge >= 0.3 is 0 Å². The van der Waals surface area contributed by atoms with Gasteiger partial charge in [0.05, 0.1) is 0 Å². The van der Waals surface area contributed by atoms with E-state index in [4.69, 9.17) is 0 Å². The van der Waals surface area contributed by atoms with E-state index in [1.807, 2.05) is 23.1 Å². The third-order valence-electron chi connectivity index (χ3n) is 4.67. The van der Waals surface area contributed by atoms with Gasteiger partial charge in [-0.3, -0.25) is 4.79 Å². The summed E-state index contributed by atoms with van der Waals surface area (Å²) in [6.45, 7) is 1.78. The highest BCUT2D eigenvalue weighted by Gasteiger charge is 2.23. The zero-order chi connectivity index (χ0) is 14.9. The van der Waals surface area contributed by atoms with Crippen LogP contribution in [0.15, 0.2) is 42.5 Å².